The Morgan fingerprint density at radius 2 is 1.50 bits per heavy atom. The number of benzene rings is 2. The van der Waals surface area contributed by atoms with Gasteiger partial charge in [-0.2, -0.15) is 10.1 Å². The molecule has 0 fully saturated rings. The number of methoxy groups -OCH3 is 3. The molecule has 0 spiro atoms. The van der Waals surface area contributed by atoms with E-state index in [4.69, 9.17) is 14.2 Å². The fourth-order valence-electron chi connectivity index (χ4n) is 3.06. The lowest BCUT2D eigenvalue weighted by Gasteiger charge is -2.14. The first kappa shape index (κ1) is 19.2. The van der Waals surface area contributed by atoms with Crippen molar-refractivity contribution in [1.29, 1.82) is 0 Å². The van der Waals surface area contributed by atoms with Gasteiger partial charge in [0.2, 0.25) is 17.6 Å². The molecule has 2 N–H and O–H groups in total. The molecule has 10 nitrogen and oxygen atoms in total. The number of anilines is 4. The summed E-state index contributed by atoms with van der Waals surface area (Å²) in [7, 11) is 6.57. The van der Waals surface area contributed by atoms with Crippen molar-refractivity contribution in [3.05, 3.63) is 42.9 Å². The lowest BCUT2D eigenvalue weighted by molar-refractivity contribution is 0.324. The van der Waals surface area contributed by atoms with E-state index in [9.17, 15) is 0 Å². The summed E-state index contributed by atoms with van der Waals surface area (Å²) in [5, 5.41) is 11.7. The van der Waals surface area contributed by atoms with Crippen molar-refractivity contribution in [3.63, 3.8) is 0 Å². The van der Waals surface area contributed by atoms with Crippen LogP contribution in [0.3, 0.4) is 0 Å². The Morgan fingerprint density at radius 1 is 0.833 bits per heavy atom. The Bertz CT molecular complexity index is 1170. The summed E-state index contributed by atoms with van der Waals surface area (Å²) < 4.78 is 17.9. The molecule has 2 aromatic heterocycles. The average molecular weight is 407 g/mol. The summed E-state index contributed by atoms with van der Waals surface area (Å²) in [5.41, 5.74) is 2.45. The molecule has 0 amide bonds. The molecule has 0 aliphatic heterocycles. The minimum Gasteiger partial charge on any atom is -0.493 e. The first-order valence-electron chi connectivity index (χ1n) is 9.06. The second kappa shape index (κ2) is 8.11. The van der Waals surface area contributed by atoms with Gasteiger partial charge in [-0.25, -0.2) is 9.97 Å². The predicted molar refractivity (Wildman–Crippen MR) is 113 cm³/mol. The van der Waals surface area contributed by atoms with Gasteiger partial charge in [-0.05, 0) is 18.2 Å². The third-order valence-corrected chi connectivity index (χ3v) is 4.37. The van der Waals surface area contributed by atoms with E-state index in [0.717, 1.165) is 16.6 Å². The van der Waals surface area contributed by atoms with Crippen molar-refractivity contribution >= 4 is 34.2 Å². The van der Waals surface area contributed by atoms with Crippen molar-refractivity contribution in [2.45, 2.75) is 0 Å². The first-order chi connectivity index (χ1) is 14.6. The summed E-state index contributed by atoms with van der Waals surface area (Å²) in [5.74, 6) is 2.33. The van der Waals surface area contributed by atoms with Crippen molar-refractivity contribution < 1.29 is 14.2 Å². The van der Waals surface area contributed by atoms with Crippen molar-refractivity contribution in [3.8, 4) is 17.2 Å². The predicted octanol–water partition coefficient (Wildman–Crippen LogP) is 3.27. The second-order valence-electron chi connectivity index (χ2n) is 6.37. The van der Waals surface area contributed by atoms with Crippen LogP contribution in [-0.2, 0) is 7.05 Å². The molecular weight excluding hydrogens is 386 g/mol. The number of aromatic nitrogens is 5. The third kappa shape index (κ3) is 3.88. The van der Waals surface area contributed by atoms with Crippen LogP contribution in [0.4, 0.5) is 23.3 Å². The topological polar surface area (TPSA) is 108 Å². The van der Waals surface area contributed by atoms with Gasteiger partial charge in [-0.15, -0.1) is 0 Å². The van der Waals surface area contributed by atoms with Gasteiger partial charge in [-0.3, -0.25) is 4.68 Å². The molecule has 10 heteroatoms. The van der Waals surface area contributed by atoms with Gasteiger partial charge < -0.3 is 24.8 Å². The zero-order chi connectivity index (χ0) is 21.1. The first-order valence-corrected chi connectivity index (χ1v) is 9.06. The van der Waals surface area contributed by atoms with Gasteiger partial charge in [0.25, 0.3) is 0 Å². The molecule has 2 heterocycles. The highest BCUT2D eigenvalue weighted by Crippen LogP contribution is 2.40. The molecule has 2 aromatic carbocycles. The lowest BCUT2D eigenvalue weighted by atomic mass is 10.2. The van der Waals surface area contributed by atoms with Crippen molar-refractivity contribution in [2.75, 3.05) is 32.0 Å². The van der Waals surface area contributed by atoms with E-state index in [1.165, 1.54) is 6.33 Å². The van der Waals surface area contributed by atoms with Crippen LogP contribution in [0.2, 0.25) is 0 Å². The average Bonchev–Trinajstić information content (AvgIpc) is 3.12. The molecule has 4 rings (SSSR count). The fourth-order valence-corrected chi connectivity index (χ4v) is 3.06. The van der Waals surface area contributed by atoms with Gasteiger partial charge >= 0.3 is 0 Å². The number of hydrogen-bond acceptors (Lipinski definition) is 9. The zero-order valence-corrected chi connectivity index (χ0v) is 17.0. The highest BCUT2D eigenvalue weighted by atomic mass is 16.5. The van der Waals surface area contributed by atoms with Crippen LogP contribution in [0.25, 0.3) is 10.9 Å². The molecule has 4 aromatic rings. The zero-order valence-electron chi connectivity index (χ0n) is 17.0. The number of nitrogens with zero attached hydrogens (tertiary/aromatic N) is 5. The van der Waals surface area contributed by atoms with E-state index in [2.05, 4.69) is 30.7 Å². The monoisotopic (exact) mass is 407 g/mol. The number of fused-ring (bicyclic) bond motifs is 1. The van der Waals surface area contributed by atoms with Gasteiger partial charge in [0.05, 0.1) is 26.8 Å². The van der Waals surface area contributed by atoms with Gasteiger partial charge in [0.1, 0.15) is 6.33 Å². The quantitative estimate of drug-likeness (QED) is 0.477. The van der Waals surface area contributed by atoms with Gasteiger partial charge in [-0.1, -0.05) is 0 Å². The maximum atomic E-state index is 5.38. The summed E-state index contributed by atoms with van der Waals surface area (Å²) in [4.78, 5) is 12.8. The summed E-state index contributed by atoms with van der Waals surface area (Å²) in [6.45, 7) is 0. The minimum absolute atomic E-state index is 0.365. The van der Waals surface area contributed by atoms with E-state index < -0.39 is 0 Å². The second-order valence-corrected chi connectivity index (χ2v) is 6.37. The Balaban J connectivity index is 1.57. The van der Waals surface area contributed by atoms with E-state index >= 15 is 0 Å². The Labute approximate surface area is 172 Å². The molecule has 0 saturated heterocycles. The van der Waals surface area contributed by atoms with E-state index in [-0.39, 0.29) is 0 Å². The number of nitrogens with one attached hydrogen (secondary N) is 2. The minimum atomic E-state index is 0.365. The van der Waals surface area contributed by atoms with Gasteiger partial charge in [0, 0.05) is 42.1 Å². The summed E-state index contributed by atoms with van der Waals surface area (Å²) in [6, 6.07) is 9.39. The molecule has 30 heavy (non-hydrogen) atoms. The summed E-state index contributed by atoms with van der Waals surface area (Å²) >= 11 is 0. The molecule has 0 atom stereocenters. The Kier molecular flexibility index (Phi) is 5.21. The smallest absolute Gasteiger partial charge is 0.232 e. The number of hydrogen-bond donors (Lipinski definition) is 2. The number of ether oxygens (including phenoxy) is 3. The molecule has 0 aliphatic rings. The van der Waals surface area contributed by atoms with E-state index in [1.54, 1.807) is 38.1 Å². The number of rotatable bonds is 7. The van der Waals surface area contributed by atoms with Crippen LogP contribution in [0.15, 0.2) is 42.9 Å². The van der Waals surface area contributed by atoms with Crippen LogP contribution >= 0.6 is 0 Å². The molecule has 0 saturated carbocycles. The molecule has 0 radical (unpaired) electrons. The fraction of sp³-hybridized carbons (Fsp3) is 0.200. The Morgan fingerprint density at radius 3 is 2.13 bits per heavy atom. The molecule has 0 unspecified atom stereocenters. The summed E-state index contributed by atoms with van der Waals surface area (Å²) in [6.07, 6.45) is 3.38. The molecular formula is C20H21N7O3. The van der Waals surface area contributed by atoms with Gasteiger partial charge in [0.15, 0.2) is 11.5 Å². The van der Waals surface area contributed by atoms with Crippen molar-refractivity contribution in [1.82, 2.24) is 24.7 Å². The molecule has 0 aliphatic carbocycles. The highest BCUT2D eigenvalue weighted by Gasteiger charge is 2.14. The SMILES string of the molecule is COc1cc(Nc2ncnc(Nc3ccc4nn(C)cc4c3)n2)cc(OC)c1OC. The third-order valence-electron chi connectivity index (χ3n) is 4.37. The number of aryl methyl sites for hydroxylation is 1. The van der Waals surface area contributed by atoms with Crippen LogP contribution in [-0.4, -0.2) is 46.1 Å². The van der Waals surface area contributed by atoms with Crippen LogP contribution in [0, 0.1) is 0 Å². The Hall–Kier alpha value is -4.08. The van der Waals surface area contributed by atoms with Crippen LogP contribution in [0.5, 0.6) is 17.2 Å². The maximum absolute atomic E-state index is 5.38. The van der Waals surface area contributed by atoms with Crippen LogP contribution < -0.4 is 24.8 Å². The molecule has 0 bridgehead atoms. The largest absolute Gasteiger partial charge is 0.493 e. The normalized spacial score (nSPS) is 10.7. The lowest BCUT2D eigenvalue weighted by Crippen LogP contribution is -2.03. The highest BCUT2D eigenvalue weighted by molar-refractivity contribution is 5.82. The van der Waals surface area contributed by atoms with E-state index in [0.29, 0.717) is 34.8 Å². The standard InChI is InChI=1S/C20H21N7O3/c1-27-10-12-7-13(5-6-15(12)26-27)23-19-21-11-22-20(25-19)24-14-8-16(28-2)18(30-4)17(9-14)29-3/h5-11H,1-4H3,(H2,21,22,23,24,25). The van der Waals surface area contributed by atoms with Crippen molar-refractivity contribution in [2.24, 2.45) is 7.05 Å². The van der Waals surface area contributed by atoms with E-state index in [1.807, 2.05) is 31.4 Å². The van der Waals surface area contributed by atoms with Crippen LogP contribution in [0.1, 0.15) is 0 Å². The molecule has 154 valence electrons. The maximum Gasteiger partial charge on any atom is 0.232 e.